The molecular weight excluding hydrogens is 706 g/mol. The van der Waals surface area contributed by atoms with Crippen molar-refractivity contribution in [1.29, 1.82) is 5.26 Å². The van der Waals surface area contributed by atoms with Crippen LogP contribution in [-0.2, 0) is 26.1 Å². The molecular formula is C43H42BrNO6. The van der Waals surface area contributed by atoms with Crippen LogP contribution in [-0.4, -0.2) is 21.8 Å². The highest BCUT2D eigenvalue weighted by Crippen LogP contribution is 2.35. The van der Waals surface area contributed by atoms with Crippen molar-refractivity contribution in [2.45, 2.75) is 66.6 Å². The molecule has 262 valence electrons. The summed E-state index contributed by atoms with van der Waals surface area (Å²) in [7, 11) is 0. The third-order valence-electron chi connectivity index (χ3n) is 8.20. The highest BCUT2D eigenvalue weighted by molar-refractivity contribution is 9.10. The molecule has 0 radical (unpaired) electrons. The molecule has 5 aromatic rings. The SMILES string of the molecule is CCCc1c(OCc2cccc(-c3ccccc3C#N)c2)ccc(C(C)=O)c1O.CCCc1c(OCc2cccc(Br)c2)ccc(C(C)=O)c1O. The summed E-state index contributed by atoms with van der Waals surface area (Å²) in [5, 5.41) is 30.1. The summed E-state index contributed by atoms with van der Waals surface area (Å²) < 4.78 is 12.9. The van der Waals surface area contributed by atoms with Gasteiger partial charge in [0.15, 0.2) is 11.6 Å². The van der Waals surface area contributed by atoms with Gasteiger partial charge >= 0.3 is 0 Å². The van der Waals surface area contributed by atoms with E-state index in [0.717, 1.165) is 39.6 Å². The van der Waals surface area contributed by atoms with Crippen molar-refractivity contribution >= 4 is 27.5 Å². The monoisotopic (exact) mass is 747 g/mol. The first kappa shape index (κ1) is 38.4. The average molecular weight is 749 g/mol. The number of carbonyl (C=O) groups is 2. The van der Waals surface area contributed by atoms with Gasteiger partial charge in [-0.05, 0) is 97.5 Å². The van der Waals surface area contributed by atoms with Crippen molar-refractivity contribution < 1.29 is 29.3 Å². The maximum Gasteiger partial charge on any atom is 0.163 e. The van der Waals surface area contributed by atoms with Crippen LogP contribution in [0.25, 0.3) is 11.1 Å². The van der Waals surface area contributed by atoms with Gasteiger partial charge in [-0.2, -0.15) is 5.26 Å². The Balaban J connectivity index is 0.000000238. The molecule has 2 N–H and O–H groups in total. The van der Waals surface area contributed by atoms with Crippen molar-refractivity contribution in [2.75, 3.05) is 0 Å². The van der Waals surface area contributed by atoms with Crippen molar-refractivity contribution in [1.82, 2.24) is 0 Å². The molecule has 0 unspecified atom stereocenters. The lowest BCUT2D eigenvalue weighted by molar-refractivity contribution is 0.100. The van der Waals surface area contributed by atoms with Gasteiger partial charge in [-0.3, -0.25) is 9.59 Å². The first-order chi connectivity index (χ1) is 24.6. The molecule has 5 aromatic carbocycles. The number of ketones is 2. The zero-order valence-corrected chi connectivity index (χ0v) is 30.9. The van der Waals surface area contributed by atoms with Gasteiger partial charge in [0, 0.05) is 15.6 Å². The smallest absolute Gasteiger partial charge is 0.163 e. The number of benzene rings is 5. The molecule has 51 heavy (non-hydrogen) atoms. The summed E-state index contributed by atoms with van der Waals surface area (Å²) >= 11 is 3.43. The standard InChI is InChI=1S/C25H23NO3.C18H19BrO3/c1-3-7-23-24(13-12-21(17(2)27)25(23)28)29-16-18-8-6-10-19(14-18)22-11-5-4-9-20(22)15-26;1-3-5-16-17(9-8-15(12(2)20)18(16)21)22-11-13-6-4-7-14(19)10-13/h4-6,8-14,28H,3,7,16H2,1-2H3;4,6-10,21H,3,5,11H2,1-2H3. The summed E-state index contributed by atoms with van der Waals surface area (Å²) in [5.41, 5.74) is 6.46. The van der Waals surface area contributed by atoms with E-state index >= 15 is 0 Å². The van der Waals surface area contributed by atoms with Crippen LogP contribution in [0.1, 0.15) is 89.1 Å². The molecule has 7 nitrogen and oxygen atoms in total. The molecule has 0 aliphatic carbocycles. The summed E-state index contributed by atoms with van der Waals surface area (Å²) in [6, 6.07) is 32.2. The molecule has 8 heteroatoms. The second-order valence-corrected chi connectivity index (χ2v) is 13.0. The van der Waals surface area contributed by atoms with Gasteiger partial charge in [-0.15, -0.1) is 0 Å². The molecule has 0 atom stereocenters. The first-order valence-electron chi connectivity index (χ1n) is 16.9. The Labute approximate surface area is 308 Å². The van der Waals surface area contributed by atoms with Crippen LogP contribution < -0.4 is 9.47 Å². The largest absolute Gasteiger partial charge is 0.507 e. The van der Waals surface area contributed by atoms with Crippen molar-refractivity contribution in [3.63, 3.8) is 0 Å². The van der Waals surface area contributed by atoms with Crippen LogP contribution in [0.2, 0.25) is 0 Å². The number of carbonyl (C=O) groups excluding carboxylic acids is 2. The summed E-state index contributed by atoms with van der Waals surface area (Å²) in [6.07, 6.45) is 2.98. The Bertz CT molecular complexity index is 2050. The molecule has 0 aliphatic heterocycles. The van der Waals surface area contributed by atoms with Crippen molar-refractivity contribution in [2.24, 2.45) is 0 Å². The molecule has 0 heterocycles. The number of nitriles is 1. The topological polar surface area (TPSA) is 117 Å². The minimum Gasteiger partial charge on any atom is -0.507 e. The lowest BCUT2D eigenvalue weighted by Gasteiger charge is -2.15. The lowest BCUT2D eigenvalue weighted by atomic mass is 9.99. The predicted molar refractivity (Wildman–Crippen MR) is 204 cm³/mol. The molecule has 0 fully saturated rings. The molecule has 0 aromatic heterocycles. The van der Waals surface area contributed by atoms with Crippen LogP contribution in [0.15, 0.2) is 102 Å². The molecule has 5 rings (SSSR count). The Morgan fingerprint density at radius 2 is 1.20 bits per heavy atom. The number of hydrogen-bond donors (Lipinski definition) is 2. The van der Waals surface area contributed by atoms with Crippen molar-refractivity contribution in [3.05, 3.63) is 140 Å². The zero-order chi connectivity index (χ0) is 36.9. The van der Waals surface area contributed by atoms with E-state index in [4.69, 9.17) is 9.47 Å². The van der Waals surface area contributed by atoms with Gasteiger partial charge < -0.3 is 19.7 Å². The molecule has 0 amide bonds. The number of rotatable bonds is 13. The minimum absolute atomic E-state index is 0.00792. The lowest BCUT2D eigenvalue weighted by Crippen LogP contribution is -2.02. The Hall–Kier alpha value is -5.39. The van der Waals surface area contributed by atoms with E-state index in [-0.39, 0.29) is 23.1 Å². The number of ether oxygens (including phenoxy) is 2. The van der Waals surface area contributed by atoms with Gasteiger partial charge in [-0.25, -0.2) is 0 Å². The molecule has 0 saturated carbocycles. The predicted octanol–water partition coefficient (Wildman–Crippen LogP) is 10.6. The van der Waals surface area contributed by atoms with Gasteiger partial charge in [0.25, 0.3) is 0 Å². The normalized spacial score (nSPS) is 10.4. The third-order valence-corrected chi connectivity index (χ3v) is 8.69. The van der Waals surface area contributed by atoms with E-state index in [1.54, 1.807) is 30.3 Å². The van der Waals surface area contributed by atoms with Crippen molar-refractivity contribution in [3.8, 4) is 40.2 Å². The third kappa shape index (κ3) is 10.1. The van der Waals surface area contributed by atoms with Crippen LogP contribution in [0.4, 0.5) is 0 Å². The number of phenols is 2. The van der Waals surface area contributed by atoms with E-state index in [1.807, 2.05) is 80.6 Å². The van der Waals surface area contributed by atoms with E-state index in [1.165, 1.54) is 13.8 Å². The Morgan fingerprint density at radius 3 is 1.69 bits per heavy atom. The van der Waals surface area contributed by atoms with E-state index in [9.17, 15) is 25.1 Å². The fourth-order valence-corrected chi connectivity index (χ4v) is 6.11. The maximum atomic E-state index is 11.7. The van der Waals surface area contributed by atoms with Crippen LogP contribution in [0.3, 0.4) is 0 Å². The number of nitrogens with zero attached hydrogens (tertiary/aromatic N) is 1. The highest BCUT2D eigenvalue weighted by Gasteiger charge is 2.17. The second kappa shape index (κ2) is 18.6. The number of phenolic OH excluding ortho intramolecular Hbond substituents is 2. The van der Waals surface area contributed by atoms with E-state index in [0.29, 0.717) is 65.4 Å². The van der Waals surface area contributed by atoms with E-state index < -0.39 is 0 Å². The number of aromatic hydroxyl groups is 2. The molecule has 0 spiro atoms. The minimum atomic E-state index is -0.171. The fourth-order valence-electron chi connectivity index (χ4n) is 5.67. The van der Waals surface area contributed by atoms with Gasteiger partial charge in [0.1, 0.15) is 36.2 Å². The first-order valence-corrected chi connectivity index (χ1v) is 17.7. The Kier molecular flexibility index (Phi) is 14.0. The van der Waals surface area contributed by atoms with Gasteiger partial charge in [-0.1, -0.05) is 91.1 Å². The second-order valence-electron chi connectivity index (χ2n) is 12.1. The quantitative estimate of drug-likeness (QED) is 0.115. The van der Waals surface area contributed by atoms with Crippen LogP contribution in [0, 0.1) is 11.3 Å². The zero-order valence-electron chi connectivity index (χ0n) is 29.3. The van der Waals surface area contributed by atoms with Gasteiger partial charge in [0.05, 0.1) is 22.8 Å². The number of halogens is 1. The van der Waals surface area contributed by atoms with Crippen LogP contribution in [0.5, 0.6) is 23.0 Å². The number of hydrogen-bond acceptors (Lipinski definition) is 7. The average Bonchev–Trinajstić information content (AvgIpc) is 3.12. The maximum absolute atomic E-state index is 11.7. The van der Waals surface area contributed by atoms with E-state index in [2.05, 4.69) is 22.0 Å². The summed E-state index contributed by atoms with van der Waals surface area (Å²) in [5.74, 6) is 0.944. The summed E-state index contributed by atoms with van der Waals surface area (Å²) in [6.45, 7) is 7.66. The molecule has 0 saturated heterocycles. The highest BCUT2D eigenvalue weighted by atomic mass is 79.9. The molecule has 0 aliphatic rings. The number of Topliss-reactive ketones (excluding diaryl/α,β-unsaturated/α-hetero) is 2. The Morgan fingerprint density at radius 1 is 0.686 bits per heavy atom. The van der Waals surface area contributed by atoms with Gasteiger partial charge in [0.2, 0.25) is 0 Å². The van der Waals surface area contributed by atoms with Crippen LogP contribution >= 0.6 is 15.9 Å². The summed E-state index contributed by atoms with van der Waals surface area (Å²) in [4.78, 5) is 23.3. The fraction of sp³-hybridized carbons (Fsp3) is 0.233. The molecule has 0 bridgehead atoms.